The summed E-state index contributed by atoms with van der Waals surface area (Å²) >= 11 is 0. The Hall–Kier alpha value is -0.870. The summed E-state index contributed by atoms with van der Waals surface area (Å²) < 4.78 is 24.7. The third-order valence-corrected chi connectivity index (χ3v) is 6.52. The number of nitrogens with two attached hydrogens (primary N) is 1. The molecule has 2 N–H and O–H groups in total. The first-order valence-electron chi connectivity index (χ1n) is 7.37. The molecule has 1 aromatic carbocycles. The molecule has 1 rings (SSSR count). The lowest BCUT2D eigenvalue weighted by Crippen LogP contribution is -2.34. The van der Waals surface area contributed by atoms with E-state index >= 15 is 0 Å². The van der Waals surface area contributed by atoms with Crippen LogP contribution in [0.25, 0.3) is 0 Å². The van der Waals surface area contributed by atoms with Gasteiger partial charge < -0.3 is 5.73 Å². The summed E-state index contributed by atoms with van der Waals surface area (Å²) in [5, 5.41) is -0.552. The smallest absolute Gasteiger partial charge is 0.155 e. The van der Waals surface area contributed by atoms with Gasteiger partial charge in [0.1, 0.15) is 0 Å². The van der Waals surface area contributed by atoms with Crippen molar-refractivity contribution in [1.82, 2.24) is 0 Å². The fourth-order valence-electron chi connectivity index (χ4n) is 2.14. The minimum Gasteiger partial charge on any atom is -0.323 e. The fraction of sp³-hybridized carbons (Fsp3) is 0.625. The summed E-state index contributed by atoms with van der Waals surface area (Å²) in [6.45, 7) is 7.78. The first kappa shape index (κ1) is 17.2. The largest absolute Gasteiger partial charge is 0.323 e. The molecule has 1 aromatic rings. The fourth-order valence-corrected chi connectivity index (χ4v) is 4.07. The Morgan fingerprint density at radius 2 is 1.65 bits per heavy atom. The van der Waals surface area contributed by atoms with Gasteiger partial charge in [-0.15, -0.1) is 0 Å². The van der Waals surface area contributed by atoms with E-state index in [1.54, 1.807) is 6.92 Å². The molecule has 0 radical (unpaired) electrons. The van der Waals surface area contributed by atoms with E-state index in [0.717, 1.165) is 18.4 Å². The van der Waals surface area contributed by atoms with E-state index < -0.39 is 21.1 Å². The lowest BCUT2D eigenvalue weighted by Gasteiger charge is -2.22. The van der Waals surface area contributed by atoms with Gasteiger partial charge in [-0.2, -0.15) is 0 Å². The van der Waals surface area contributed by atoms with Gasteiger partial charge >= 0.3 is 0 Å². The SMILES string of the molecule is CCc1ccc(C(N)C(C)S(=O)(=O)CC(C)CC)cc1. The van der Waals surface area contributed by atoms with Crippen molar-refractivity contribution in [1.29, 1.82) is 0 Å². The minimum atomic E-state index is -3.16. The Bertz CT molecular complexity index is 508. The molecule has 0 aromatic heterocycles. The van der Waals surface area contributed by atoms with E-state index in [1.165, 1.54) is 5.56 Å². The average molecular weight is 297 g/mol. The maximum atomic E-state index is 12.4. The van der Waals surface area contributed by atoms with Crippen LogP contribution < -0.4 is 5.73 Å². The highest BCUT2D eigenvalue weighted by Crippen LogP contribution is 2.22. The van der Waals surface area contributed by atoms with Crippen LogP contribution in [-0.2, 0) is 16.3 Å². The van der Waals surface area contributed by atoms with Crippen LogP contribution in [0.5, 0.6) is 0 Å². The Kier molecular flexibility index (Phi) is 6.21. The summed E-state index contributed by atoms with van der Waals surface area (Å²) in [6.07, 6.45) is 1.84. The van der Waals surface area contributed by atoms with Crippen molar-refractivity contribution in [3.05, 3.63) is 35.4 Å². The number of rotatable bonds is 7. The molecule has 3 nitrogen and oxygen atoms in total. The second kappa shape index (κ2) is 7.23. The Morgan fingerprint density at radius 3 is 2.10 bits per heavy atom. The molecule has 0 aliphatic carbocycles. The molecule has 3 atom stereocenters. The first-order chi connectivity index (χ1) is 9.31. The average Bonchev–Trinajstić information content (AvgIpc) is 2.45. The molecule has 0 aliphatic heterocycles. The molecule has 0 amide bonds. The van der Waals surface area contributed by atoms with Crippen molar-refractivity contribution < 1.29 is 8.42 Å². The van der Waals surface area contributed by atoms with Crippen molar-refractivity contribution in [2.75, 3.05) is 5.75 Å². The van der Waals surface area contributed by atoms with Crippen LogP contribution in [0.3, 0.4) is 0 Å². The zero-order valence-corrected chi connectivity index (χ0v) is 13.8. The van der Waals surface area contributed by atoms with E-state index in [0.29, 0.717) is 0 Å². The second-order valence-corrected chi connectivity index (χ2v) is 8.07. The molecular weight excluding hydrogens is 270 g/mol. The summed E-state index contributed by atoms with van der Waals surface area (Å²) in [6, 6.07) is 7.46. The molecule has 0 bridgehead atoms. The zero-order valence-electron chi connectivity index (χ0n) is 13.0. The summed E-state index contributed by atoms with van der Waals surface area (Å²) in [4.78, 5) is 0. The van der Waals surface area contributed by atoms with Gasteiger partial charge in [-0.1, -0.05) is 51.5 Å². The van der Waals surface area contributed by atoms with Crippen LogP contribution in [0.1, 0.15) is 51.3 Å². The summed E-state index contributed by atoms with van der Waals surface area (Å²) in [5.74, 6) is 0.392. The zero-order chi connectivity index (χ0) is 15.3. The van der Waals surface area contributed by atoms with Gasteiger partial charge in [-0.05, 0) is 30.4 Å². The van der Waals surface area contributed by atoms with Crippen LogP contribution in [0.2, 0.25) is 0 Å². The third-order valence-electron chi connectivity index (χ3n) is 4.06. The maximum absolute atomic E-state index is 12.4. The van der Waals surface area contributed by atoms with Crippen molar-refractivity contribution in [3.63, 3.8) is 0 Å². The molecule has 0 fully saturated rings. The van der Waals surface area contributed by atoms with Crippen LogP contribution >= 0.6 is 0 Å². The lowest BCUT2D eigenvalue weighted by atomic mass is 10.0. The number of hydrogen-bond donors (Lipinski definition) is 1. The van der Waals surface area contributed by atoms with Crippen LogP contribution in [0.4, 0.5) is 0 Å². The number of sulfone groups is 1. The van der Waals surface area contributed by atoms with Crippen LogP contribution in [-0.4, -0.2) is 19.4 Å². The van der Waals surface area contributed by atoms with Gasteiger partial charge in [0.2, 0.25) is 0 Å². The number of hydrogen-bond acceptors (Lipinski definition) is 3. The van der Waals surface area contributed by atoms with Crippen molar-refractivity contribution in [2.45, 2.75) is 51.8 Å². The molecule has 0 saturated heterocycles. The standard InChI is InChI=1S/C16H27NO2S/c1-5-12(3)11-20(18,19)13(4)16(17)15-9-7-14(6-2)8-10-15/h7-10,12-13,16H,5-6,11,17H2,1-4H3. The molecule has 0 saturated carbocycles. The van der Waals surface area contributed by atoms with Crippen LogP contribution in [0.15, 0.2) is 24.3 Å². The van der Waals surface area contributed by atoms with Crippen molar-refractivity contribution in [2.24, 2.45) is 11.7 Å². The van der Waals surface area contributed by atoms with Crippen molar-refractivity contribution >= 4 is 9.84 Å². The number of aryl methyl sites for hydroxylation is 1. The molecule has 0 aliphatic rings. The molecular formula is C16H27NO2S. The van der Waals surface area contributed by atoms with E-state index in [-0.39, 0.29) is 11.7 Å². The van der Waals surface area contributed by atoms with E-state index in [9.17, 15) is 8.42 Å². The van der Waals surface area contributed by atoms with Gasteiger partial charge in [0.25, 0.3) is 0 Å². The maximum Gasteiger partial charge on any atom is 0.155 e. The summed E-state index contributed by atoms with van der Waals surface area (Å²) in [5.41, 5.74) is 8.28. The topological polar surface area (TPSA) is 60.2 Å². The second-order valence-electron chi connectivity index (χ2n) is 5.67. The third kappa shape index (κ3) is 4.32. The Balaban J connectivity index is 2.86. The van der Waals surface area contributed by atoms with Gasteiger partial charge in [0, 0.05) is 6.04 Å². The van der Waals surface area contributed by atoms with Crippen molar-refractivity contribution in [3.8, 4) is 0 Å². The molecule has 4 heteroatoms. The predicted octanol–water partition coefficient (Wildman–Crippen LogP) is 3.10. The van der Waals surface area contributed by atoms with Crippen LogP contribution in [0, 0.1) is 5.92 Å². The van der Waals surface area contributed by atoms with E-state index in [4.69, 9.17) is 5.73 Å². The lowest BCUT2D eigenvalue weighted by molar-refractivity contribution is 0.540. The normalized spacial score (nSPS) is 16.6. The molecule has 3 unspecified atom stereocenters. The highest BCUT2D eigenvalue weighted by Gasteiger charge is 2.29. The predicted molar refractivity (Wildman–Crippen MR) is 85.5 cm³/mol. The Morgan fingerprint density at radius 1 is 1.10 bits per heavy atom. The molecule has 0 spiro atoms. The van der Waals surface area contributed by atoms with Gasteiger partial charge in [-0.25, -0.2) is 8.42 Å². The first-order valence-corrected chi connectivity index (χ1v) is 9.09. The Labute approximate surface area is 123 Å². The quantitative estimate of drug-likeness (QED) is 0.841. The molecule has 20 heavy (non-hydrogen) atoms. The van der Waals surface area contributed by atoms with E-state index in [2.05, 4.69) is 6.92 Å². The van der Waals surface area contributed by atoms with E-state index in [1.807, 2.05) is 38.1 Å². The van der Waals surface area contributed by atoms with Gasteiger partial charge in [0.15, 0.2) is 9.84 Å². The number of benzene rings is 1. The monoisotopic (exact) mass is 297 g/mol. The highest BCUT2D eigenvalue weighted by atomic mass is 32.2. The van der Waals surface area contributed by atoms with Gasteiger partial charge in [0.05, 0.1) is 11.0 Å². The summed E-state index contributed by atoms with van der Waals surface area (Å²) in [7, 11) is -3.16. The highest BCUT2D eigenvalue weighted by molar-refractivity contribution is 7.92. The molecule has 0 heterocycles. The van der Waals surface area contributed by atoms with Gasteiger partial charge in [-0.3, -0.25) is 0 Å². The minimum absolute atomic E-state index is 0.178. The molecule has 114 valence electrons.